The summed E-state index contributed by atoms with van der Waals surface area (Å²) >= 11 is 2.56. The molecule has 9 heteroatoms. The molecule has 0 unspecified atom stereocenters. The Labute approximate surface area is 114 Å². The average Bonchev–Trinajstić information content (AvgIpc) is 2.81. The first kappa shape index (κ1) is 15.9. The van der Waals surface area contributed by atoms with Crippen molar-refractivity contribution in [2.75, 3.05) is 24.6 Å². The van der Waals surface area contributed by atoms with E-state index in [1.165, 1.54) is 23.5 Å². The molecule has 0 fully saturated rings. The minimum atomic E-state index is -0.472. The number of hydrogen-bond acceptors (Lipinski definition) is 4. The zero-order chi connectivity index (χ0) is 11.5. The molecule has 2 heterocycles. The molecule has 0 atom stereocenters. The van der Waals surface area contributed by atoms with E-state index in [9.17, 15) is 0 Å². The van der Waals surface area contributed by atoms with Gasteiger partial charge in [-0.2, -0.15) is 0 Å². The van der Waals surface area contributed by atoms with Crippen LogP contribution in [0.3, 0.4) is 0 Å². The molecule has 0 spiro atoms. The molecular formula is C6H10Cl2N4PtS2. The quantitative estimate of drug-likeness (QED) is 0.545. The van der Waals surface area contributed by atoms with E-state index in [1.54, 1.807) is 0 Å². The van der Waals surface area contributed by atoms with E-state index in [0.29, 0.717) is 10.3 Å². The van der Waals surface area contributed by atoms with Crippen LogP contribution in [-0.4, -0.2) is 34.9 Å². The van der Waals surface area contributed by atoms with E-state index in [0.717, 1.165) is 24.6 Å². The minimum absolute atomic E-state index is 0.472. The van der Waals surface area contributed by atoms with Crippen molar-refractivity contribution in [1.82, 2.24) is 0 Å². The van der Waals surface area contributed by atoms with Crippen LogP contribution in [0.1, 0.15) is 0 Å². The molecule has 2 aliphatic heterocycles. The topological polar surface area (TPSA) is 72.3 Å². The fourth-order valence-corrected chi connectivity index (χ4v) is 1.79. The molecule has 0 aromatic rings. The van der Waals surface area contributed by atoms with Crippen LogP contribution in [0, 0.1) is 0 Å². The maximum atomic E-state index is 6.84. The number of rotatable bonds is 0. The van der Waals surface area contributed by atoms with E-state index in [2.05, 4.69) is 9.98 Å². The van der Waals surface area contributed by atoms with Crippen molar-refractivity contribution in [3.8, 4) is 0 Å². The molecule has 4 nitrogen and oxygen atoms in total. The number of aliphatic imine (C=N–C) groups is 2. The molecule has 0 aromatic carbocycles. The van der Waals surface area contributed by atoms with Crippen LogP contribution in [0.2, 0.25) is 0 Å². The Morgan fingerprint density at radius 1 is 1.00 bits per heavy atom. The molecule has 2 aliphatic rings. The van der Waals surface area contributed by atoms with Crippen LogP contribution >= 0.6 is 42.4 Å². The van der Waals surface area contributed by atoms with Crippen LogP contribution in [0.5, 0.6) is 0 Å². The normalized spacial score (nSPS) is 18.3. The molecule has 0 radical (unpaired) electrons. The van der Waals surface area contributed by atoms with Crippen molar-refractivity contribution in [3.63, 3.8) is 0 Å². The molecular weight excluding hydrogens is 458 g/mol. The summed E-state index contributed by atoms with van der Waals surface area (Å²) in [5.41, 5.74) is 13.7. The molecule has 2 N–H and O–H groups in total. The van der Waals surface area contributed by atoms with Gasteiger partial charge in [0.1, 0.15) is 0 Å². The SMILES string of the molecule is [Cl][Pt+2][Cl].[NH-]C1=NCCS1.[NH-]C1=NCCS1. The fraction of sp³-hybridized carbons (Fsp3) is 0.667. The summed E-state index contributed by atoms with van der Waals surface area (Å²) in [4.78, 5) is 7.56. The van der Waals surface area contributed by atoms with Gasteiger partial charge in [-0.25, -0.2) is 0 Å². The average molecular weight is 468 g/mol. The second-order valence-electron chi connectivity index (χ2n) is 2.12. The second kappa shape index (κ2) is 11.4. The number of hydrogen-bond donors (Lipinski definition) is 0. The van der Waals surface area contributed by atoms with Crippen LogP contribution in [0.25, 0.3) is 11.5 Å². The maximum Gasteiger partial charge on any atom is -0.00341 e. The standard InChI is InChI=1S/2C3H5N2S.2ClH.Pt/c2*4-3-5-1-2-6-3;;;/h2*1-2H2,(H-,4,5);2*1H;/q2*-1;;;+4/p-2. The Morgan fingerprint density at radius 3 is 1.40 bits per heavy atom. The first-order valence-electron chi connectivity index (χ1n) is 3.80. The zero-order valence-electron chi connectivity index (χ0n) is 7.61. The first-order chi connectivity index (χ1) is 7.20. The Bertz CT molecular complexity index is 205. The van der Waals surface area contributed by atoms with Crippen molar-refractivity contribution >= 4 is 52.7 Å². The van der Waals surface area contributed by atoms with Crippen molar-refractivity contribution < 1.29 is 16.5 Å². The number of thioether (sulfide) groups is 2. The number of amidine groups is 2. The minimum Gasteiger partial charge on any atom is -0.477 e. The Morgan fingerprint density at radius 2 is 1.33 bits per heavy atom. The third-order valence-electron chi connectivity index (χ3n) is 1.17. The Kier molecular flexibility index (Phi) is 12.1. The zero-order valence-corrected chi connectivity index (χ0v) is 13.0. The Hall–Kier alpha value is 0.908. The van der Waals surface area contributed by atoms with Gasteiger partial charge in [-0.05, 0) is 34.9 Å². The van der Waals surface area contributed by atoms with Crippen LogP contribution in [-0.2, 0) is 16.5 Å². The van der Waals surface area contributed by atoms with Gasteiger partial charge in [-0.3, -0.25) is 0 Å². The third-order valence-corrected chi connectivity index (χ3v) is 2.75. The molecule has 0 aliphatic carbocycles. The van der Waals surface area contributed by atoms with Gasteiger partial charge in [-0.1, -0.05) is 0 Å². The molecule has 0 saturated heterocycles. The predicted octanol–water partition coefficient (Wildman–Crippen LogP) is 3.66. The fourth-order valence-electron chi connectivity index (χ4n) is 0.670. The predicted molar refractivity (Wildman–Crippen MR) is 69.9 cm³/mol. The van der Waals surface area contributed by atoms with Crippen molar-refractivity contribution in [2.45, 2.75) is 0 Å². The van der Waals surface area contributed by atoms with Crippen LogP contribution in [0.15, 0.2) is 9.98 Å². The van der Waals surface area contributed by atoms with E-state index >= 15 is 0 Å². The summed E-state index contributed by atoms with van der Waals surface area (Å²) in [5, 5.41) is 0.991. The molecule has 2 rings (SSSR count). The summed E-state index contributed by atoms with van der Waals surface area (Å²) in [6.07, 6.45) is 0. The number of halogens is 2. The van der Waals surface area contributed by atoms with Crippen LogP contribution < -0.4 is 0 Å². The monoisotopic (exact) mass is 467 g/mol. The smallest absolute Gasteiger partial charge is 0.00341 e. The summed E-state index contributed by atoms with van der Waals surface area (Å²) in [6, 6.07) is 0. The largest absolute Gasteiger partial charge is 0.477 e. The van der Waals surface area contributed by atoms with Gasteiger partial charge >= 0.3 is 35.3 Å². The van der Waals surface area contributed by atoms with Crippen LogP contribution in [0.4, 0.5) is 0 Å². The Balaban J connectivity index is 0.000000210. The maximum absolute atomic E-state index is 6.84. The van der Waals surface area contributed by atoms with Gasteiger partial charge in [0.05, 0.1) is 0 Å². The molecule has 0 aromatic heterocycles. The van der Waals surface area contributed by atoms with Crippen molar-refractivity contribution in [2.24, 2.45) is 9.98 Å². The van der Waals surface area contributed by atoms with E-state index in [1.807, 2.05) is 0 Å². The molecule has 0 saturated carbocycles. The van der Waals surface area contributed by atoms with Gasteiger partial charge in [0.25, 0.3) is 0 Å². The van der Waals surface area contributed by atoms with Crippen molar-refractivity contribution in [3.05, 3.63) is 11.5 Å². The molecule has 0 bridgehead atoms. The van der Waals surface area contributed by atoms with Gasteiger partial charge in [-0.15, -0.1) is 23.5 Å². The van der Waals surface area contributed by atoms with Gasteiger partial charge in [0.2, 0.25) is 0 Å². The van der Waals surface area contributed by atoms with E-state index in [-0.39, 0.29) is 0 Å². The number of nitrogens with zero attached hydrogens (tertiary/aromatic N) is 2. The third kappa shape index (κ3) is 11.2. The molecule has 0 amide bonds. The summed E-state index contributed by atoms with van der Waals surface area (Å²) < 4.78 is 0. The van der Waals surface area contributed by atoms with E-state index in [4.69, 9.17) is 30.3 Å². The summed E-state index contributed by atoms with van der Waals surface area (Å²) in [5.74, 6) is 2.03. The number of nitrogens with one attached hydrogen (secondary N) is 2. The second-order valence-corrected chi connectivity index (χ2v) is 7.57. The molecule has 15 heavy (non-hydrogen) atoms. The van der Waals surface area contributed by atoms with E-state index < -0.39 is 16.5 Å². The van der Waals surface area contributed by atoms with Crippen molar-refractivity contribution in [1.29, 1.82) is 0 Å². The summed E-state index contributed by atoms with van der Waals surface area (Å²) in [6.45, 7) is 1.70. The van der Waals surface area contributed by atoms with Gasteiger partial charge < -0.3 is 21.5 Å². The van der Waals surface area contributed by atoms with Gasteiger partial charge in [0, 0.05) is 0 Å². The molecule has 90 valence electrons. The summed E-state index contributed by atoms with van der Waals surface area (Å²) in [7, 11) is 9.75. The first-order valence-corrected chi connectivity index (χ1v) is 11.4. The van der Waals surface area contributed by atoms with Gasteiger partial charge in [0.15, 0.2) is 0 Å².